The zero-order valence-electron chi connectivity index (χ0n) is 12.5. The third kappa shape index (κ3) is 2.75. The fraction of sp³-hybridized carbons (Fsp3) is 0.312. The van der Waals surface area contributed by atoms with Gasteiger partial charge in [0.15, 0.2) is 0 Å². The molecule has 0 amide bonds. The molecule has 1 aromatic heterocycles. The van der Waals surface area contributed by atoms with Crippen molar-refractivity contribution in [3.05, 3.63) is 34.7 Å². The van der Waals surface area contributed by atoms with Crippen molar-refractivity contribution in [3.8, 4) is 17.2 Å². The predicted octanol–water partition coefficient (Wildman–Crippen LogP) is 0.874. The van der Waals surface area contributed by atoms with Crippen LogP contribution in [0.5, 0.6) is 0 Å². The van der Waals surface area contributed by atoms with Crippen LogP contribution in [0.3, 0.4) is 0 Å². The van der Waals surface area contributed by atoms with Crippen molar-refractivity contribution >= 4 is 29.6 Å². The molecule has 0 aliphatic carbocycles. The molecule has 0 atom stereocenters. The largest absolute Gasteiger partial charge is 0.391 e. The van der Waals surface area contributed by atoms with Crippen molar-refractivity contribution in [2.24, 2.45) is 0 Å². The number of hydrogen-bond donors (Lipinski definition) is 1. The average molecular weight is 312 g/mol. The highest BCUT2D eigenvalue weighted by Crippen LogP contribution is 2.41. The molecule has 1 saturated heterocycles. The van der Waals surface area contributed by atoms with Gasteiger partial charge >= 0.3 is 0 Å². The Labute approximate surface area is 135 Å². The van der Waals surface area contributed by atoms with Crippen LogP contribution in [0.1, 0.15) is 10.4 Å². The van der Waals surface area contributed by atoms with E-state index in [4.69, 9.17) is 4.74 Å². The van der Waals surface area contributed by atoms with Crippen LogP contribution < -0.4 is 10.4 Å². The number of ether oxygens (including phenoxy) is 1. The molecule has 0 unspecified atom stereocenters. The van der Waals surface area contributed by atoms with E-state index in [-0.39, 0.29) is 6.61 Å². The number of hydrogen-bond acceptors (Lipinski definition) is 5. The highest BCUT2D eigenvalue weighted by Gasteiger charge is 2.24. The Hall–Kier alpha value is -1.81. The van der Waals surface area contributed by atoms with Crippen LogP contribution in [-0.4, -0.2) is 39.3 Å². The number of rotatable bonds is 3. The number of aliphatic hydroxyl groups excluding tert-OH is 1. The lowest BCUT2D eigenvalue weighted by atomic mass is 9.93. The van der Waals surface area contributed by atoms with Crippen molar-refractivity contribution in [1.82, 2.24) is 0 Å². The summed E-state index contributed by atoms with van der Waals surface area (Å²) in [4.78, 5) is 3.03. The number of anilines is 1. The lowest BCUT2D eigenvalue weighted by Crippen LogP contribution is -2.36. The summed E-state index contributed by atoms with van der Waals surface area (Å²) in [6, 6.07) is 10.4. The molecule has 1 N–H and O–H groups in total. The van der Waals surface area contributed by atoms with E-state index in [1.165, 1.54) is 16.8 Å². The molecule has 0 radical (unpaired) electrons. The number of nitrogens with zero attached hydrogens (tertiary/aromatic N) is 2. The van der Waals surface area contributed by atoms with Gasteiger partial charge in [-0.05, 0) is 5.56 Å². The molecule has 3 rings (SSSR count). The van der Waals surface area contributed by atoms with E-state index in [2.05, 4.69) is 11.0 Å². The zero-order valence-corrected chi connectivity index (χ0v) is 13.3. The first kappa shape index (κ1) is 15.1. The maximum Gasteiger partial charge on any atom is 0.139 e. The van der Waals surface area contributed by atoms with Gasteiger partial charge in [0, 0.05) is 23.5 Å². The van der Waals surface area contributed by atoms with Gasteiger partial charge < -0.3 is 14.7 Å². The molecule has 1 aromatic carbocycles. The second-order valence-corrected chi connectivity index (χ2v) is 6.40. The van der Waals surface area contributed by atoms with Crippen LogP contribution in [-0.2, 0) is 11.3 Å². The van der Waals surface area contributed by atoms with E-state index >= 15 is 0 Å². The number of morpholine rings is 1. The standard InChI is InChI=1S/C16H17BN2O2S/c17-12-3-1-11(2-4-12)15-13(9-18)16(22-14(15)10-20)19-5-7-21-8-6-19/h1-4,20H,5-8,10,17H2. The van der Waals surface area contributed by atoms with E-state index in [1.54, 1.807) is 0 Å². The van der Waals surface area contributed by atoms with Gasteiger partial charge in [0.25, 0.3) is 0 Å². The van der Waals surface area contributed by atoms with E-state index in [1.807, 2.05) is 32.1 Å². The van der Waals surface area contributed by atoms with Crippen molar-refractivity contribution in [2.75, 3.05) is 31.2 Å². The third-order valence-corrected chi connectivity index (χ3v) is 5.09. The maximum atomic E-state index is 9.72. The summed E-state index contributed by atoms with van der Waals surface area (Å²) in [5.74, 6) is 0. The highest BCUT2D eigenvalue weighted by molar-refractivity contribution is 7.17. The third-order valence-electron chi connectivity index (χ3n) is 3.86. The Kier molecular flexibility index (Phi) is 4.48. The van der Waals surface area contributed by atoms with Crippen molar-refractivity contribution < 1.29 is 9.84 Å². The summed E-state index contributed by atoms with van der Waals surface area (Å²) >= 11 is 1.51. The number of aliphatic hydroxyl groups is 1. The summed E-state index contributed by atoms with van der Waals surface area (Å²) in [6.07, 6.45) is 0. The Morgan fingerprint density at radius 3 is 2.55 bits per heavy atom. The molecule has 6 heteroatoms. The molecule has 22 heavy (non-hydrogen) atoms. The zero-order chi connectivity index (χ0) is 15.5. The fourth-order valence-corrected chi connectivity index (χ4v) is 3.88. The first-order valence-corrected chi connectivity index (χ1v) is 8.12. The Bertz CT molecular complexity index is 700. The summed E-state index contributed by atoms with van der Waals surface area (Å²) < 4.78 is 5.39. The van der Waals surface area contributed by atoms with Crippen LogP contribution in [0, 0.1) is 11.3 Å². The molecule has 0 bridgehead atoms. The second-order valence-electron chi connectivity index (χ2n) is 5.32. The molecule has 0 saturated carbocycles. The summed E-state index contributed by atoms with van der Waals surface area (Å²) in [5, 5.41) is 20.3. The lowest BCUT2D eigenvalue weighted by Gasteiger charge is -2.27. The smallest absolute Gasteiger partial charge is 0.139 e. The minimum Gasteiger partial charge on any atom is -0.391 e. The van der Waals surface area contributed by atoms with Gasteiger partial charge in [-0.2, -0.15) is 5.26 Å². The van der Waals surface area contributed by atoms with Crippen LogP contribution in [0.2, 0.25) is 0 Å². The molecule has 112 valence electrons. The lowest BCUT2D eigenvalue weighted by molar-refractivity contribution is 0.123. The minimum atomic E-state index is -0.0487. The van der Waals surface area contributed by atoms with Crippen LogP contribution >= 0.6 is 11.3 Å². The van der Waals surface area contributed by atoms with Gasteiger partial charge in [-0.15, -0.1) is 11.3 Å². The van der Waals surface area contributed by atoms with E-state index in [9.17, 15) is 10.4 Å². The van der Waals surface area contributed by atoms with E-state index in [0.717, 1.165) is 34.1 Å². The van der Waals surface area contributed by atoms with Gasteiger partial charge in [-0.1, -0.05) is 29.7 Å². The summed E-state index contributed by atoms with van der Waals surface area (Å²) in [7, 11) is 2.04. The Morgan fingerprint density at radius 1 is 1.27 bits per heavy atom. The van der Waals surface area contributed by atoms with Gasteiger partial charge in [0.05, 0.1) is 25.4 Å². The van der Waals surface area contributed by atoms with Crippen molar-refractivity contribution in [3.63, 3.8) is 0 Å². The van der Waals surface area contributed by atoms with Crippen LogP contribution in [0.25, 0.3) is 11.1 Å². The van der Waals surface area contributed by atoms with Crippen LogP contribution in [0.15, 0.2) is 24.3 Å². The molecular formula is C16H17BN2O2S. The second kappa shape index (κ2) is 6.53. The van der Waals surface area contributed by atoms with Gasteiger partial charge in [-0.3, -0.25) is 0 Å². The number of thiophene rings is 1. The molecule has 1 aliphatic heterocycles. The average Bonchev–Trinajstić information content (AvgIpc) is 2.95. The molecular weight excluding hydrogens is 295 g/mol. The minimum absolute atomic E-state index is 0.0487. The van der Waals surface area contributed by atoms with E-state index in [0.29, 0.717) is 18.8 Å². The predicted molar refractivity (Wildman–Crippen MR) is 91.6 cm³/mol. The van der Waals surface area contributed by atoms with Gasteiger partial charge in [-0.25, -0.2) is 0 Å². The fourth-order valence-electron chi connectivity index (χ4n) is 2.69. The quantitative estimate of drug-likeness (QED) is 0.855. The van der Waals surface area contributed by atoms with Crippen molar-refractivity contribution in [2.45, 2.75) is 6.61 Å². The molecule has 2 heterocycles. The molecule has 0 spiro atoms. The first-order chi connectivity index (χ1) is 10.7. The Morgan fingerprint density at radius 2 is 1.95 bits per heavy atom. The van der Waals surface area contributed by atoms with E-state index < -0.39 is 0 Å². The molecule has 2 aromatic rings. The number of nitriles is 1. The van der Waals surface area contributed by atoms with Gasteiger partial charge in [0.2, 0.25) is 0 Å². The molecule has 4 nitrogen and oxygen atoms in total. The SMILES string of the molecule is Bc1ccc(-c2c(CO)sc(N3CCOCC3)c2C#N)cc1. The Balaban J connectivity index is 2.10. The maximum absolute atomic E-state index is 9.72. The number of benzene rings is 1. The first-order valence-electron chi connectivity index (χ1n) is 7.31. The van der Waals surface area contributed by atoms with Gasteiger partial charge in [0.1, 0.15) is 18.9 Å². The normalized spacial score (nSPS) is 14.8. The summed E-state index contributed by atoms with van der Waals surface area (Å²) in [5.41, 5.74) is 3.70. The van der Waals surface area contributed by atoms with Crippen LogP contribution in [0.4, 0.5) is 5.00 Å². The monoisotopic (exact) mass is 312 g/mol. The van der Waals surface area contributed by atoms with Crippen molar-refractivity contribution in [1.29, 1.82) is 5.26 Å². The summed E-state index contributed by atoms with van der Waals surface area (Å²) in [6.45, 7) is 2.88. The topological polar surface area (TPSA) is 56.5 Å². The highest BCUT2D eigenvalue weighted by atomic mass is 32.1. The molecule has 1 aliphatic rings. The molecule has 1 fully saturated rings.